The van der Waals surface area contributed by atoms with Crippen LogP contribution in [0.25, 0.3) is 0 Å². The van der Waals surface area contributed by atoms with Gasteiger partial charge < -0.3 is 10.2 Å². The number of nitrogens with one attached hydrogen (secondary N) is 1. The molecule has 2 aromatic carbocycles. The van der Waals surface area contributed by atoms with Crippen LogP contribution in [0.3, 0.4) is 0 Å². The molecule has 0 bridgehead atoms. The zero-order chi connectivity index (χ0) is 21.4. The Morgan fingerprint density at radius 2 is 1.76 bits per heavy atom. The van der Waals surface area contributed by atoms with Crippen molar-refractivity contribution >= 4 is 27.7 Å². The van der Waals surface area contributed by atoms with Gasteiger partial charge in [0.15, 0.2) is 0 Å². The summed E-state index contributed by atoms with van der Waals surface area (Å²) in [6, 6.07) is 13.5. The number of unbranched alkanes of at least 4 members (excludes halogenated alkanes) is 1. The van der Waals surface area contributed by atoms with Crippen molar-refractivity contribution in [2.75, 3.05) is 6.54 Å². The smallest absolute Gasteiger partial charge is 0.242 e. The topological polar surface area (TPSA) is 49.4 Å². The van der Waals surface area contributed by atoms with Gasteiger partial charge in [-0.25, -0.2) is 0 Å². The van der Waals surface area contributed by atoms with Crippen molar-refractivity contribution < 1.29 is 9.59 Å². The molecule has 5 heteroatoms. The minimum absolute atomic E-state index is 0.0480. The van der Waals surface area contributed by atoms with Crippen LogP contribution in [0.4, 0.5) is 0 Å². The second-order valence-corrected chi connectivity index (χ2v) is 8.56. The van der Waals surface area contributed by atoms with Crippen LogP contribution < -0.4 is 5.32 Å². The van der Waals surface area contributed by atoms with E-state index in [1.54, 1.807) is 11.8 Å². The first-order valence-electron chi connectivity index (χ1n) is 10.2. The SMILES string of the molecule is CCCCNC(=O)[C@@H](C)N(Cc1cccc(Br)c1)C(=O)Cc1cc(C)cc(C)c1. The molecule has 0 fully saturated rings. The standard InChI is InChI=1S/C24H31BrN2O2/c1-5-6-10-26-24(29)19(4)27(16-20-8-7-9-22(25)14-20)23(28)15-21-12-17(2)11-18(3)13-21/h7-9,11-14,19H,5-6,10,15-16H2,1-4H3,(H,26,29)/t19-/m1/s1. The average Bonchev–Trinajstić information content (AvgIpc) is 2.64. The summed E-state index contributed by atoms with van der Waals surface area (Å²) in [5.74, 6) is -0.157. The van der Waals surface area contributed by atoms with Crippen LogP contribution >= 0.6 is 15.9 Å². The van der Waals surface area contributed by atoms with Gasteiger partial charge in [0.1, 0.15) is 6.04 Å². The molecule has 1 N–H and O–H groups in total. The average molecular weight is 459 g/mol. The maximum absolute atomic E-state index is 13.2. The molecular weight excluding hydrogens is 428 g/mol. The predicted octanol–water partition coefficient (Wildman–Crippen LogP) is 4.94. The van der Waals surface area contributed by atoms with Gasteiger partial charge in [-0.15, -0.1) is 0 Å². The van der Waals surface area contributed by atoms with Gasteiger partial charge in [0, 0.05) is 17.6 Å². The highest BCUT2D eigenvalue weighted by Gasteiger charge is 2.26. The predicted molar refractivity (Wildman–Crippen MR) is 122 cm³/mol. The zero-order valence-electron chi connectivity index (χ0n) is 17.8. The van der Waals surface area contributed by atoms with E-state index in [-0.39, 0.29) is 18.2 Å². The van der Waals surface area contributed by atoms with E-state index < -0.39 is 6.04 Å². The lowest BCUT2D eigenvalue weighted by molar-refractivity contribution is -0.140. The van der Waals surface area contributed by atoms with Crippen molar-refractivity contribution in [2.24, 2.45) is 0 Å². The molecule has 0 saturated carbocycles. The van der Waals surface area contributed by atoms with Crippen molar-refractivity contribution in [3.63, 3.8) is 0 Å². The van der Waals surface area contributed by atoms with Crippen LogP contribution in [0.5, 0.6) is 0 Å². The molecule has 0 spiro atoms. The van der Waals surface area contributed by atoms with Crippen LogP contribution in [-0.4, -0.2) is 29.3 Å². The summed E-state index contributed by atoms with van der Waals surface area (Å²) in [7, 11) is 0. The molecule has 2 rings (SSSR count). The summed E-state index contributed by atoms with van der Waals surface area (Å²) in [4.78, 5) is 27.6. The Hall–Kier alpha value is -2.14. The molecule has 29 heavy (non-hydrogen) atoms. The molecule has 0 radical (unpaired) electrons. The van der Waals surface area contributed by atoms with Crippen LogP contribution in [0.2, 0.25) is 0 Å². The number of carbonyl (C=O) groups is 2. The Morgan fingerprint density at radius 1 is 1.07 bits per heavy atom. The van der Waals surface area contributed by atoms with Crippen LogP contribution in [-0.2, 0) is 22.6 Å². The molecule has 4 nitrogen and oxygen atoms in total. The third-order valence-electron chi connectivity index (χ3n) is 4.88. The van der Waals surface area contributed by atoms with Crippen LogP contribution in [0, 0.1) is 13.8 Å². The molecular formula is C24H31BrN2O2. The monoisotopic (exact) mass is 458 g/mol. The van der Waals surface area contributed by atoms with Crippen molar-refractivity contribution in [1.29, 1.82) is 0 Å². The van der Waals surface area contributed by atoms with Gasteiger partial charge >= 0.3 is 0 Å². The van der Waals surface area contributed by atoms with Gasteiger partial charge in [0.25, 0.3) is 0 Å². The Balaban J connectivity index is 2.22. The summed E-state index contributed by atoms with van der Waals surface area (Å²) in [5, 5.41) is 2.96. The Labute approximate surface area is 182 Å². The summed E-state index contributed by atoms with van der Waals surface area (Å²) in [6.07, 6.45) is 2.23. The Morgan fingerprint density at radius 3 is 2.38 bits per heavy atom. The summed E-state index contributed by atoms with van der Waals surface area (Å²) in [6.45, 7) is 8.98. The second-order valence-electron chi connectivity index (χ2n) is 7.64. The van der Waals surface area contributed by atoms with Crippen molar-refractivity contribution in [2.45, 2.75) is 59.5 Å². The highest BCUT2D eigenvalue weighted by Crippen LogP contribution is 2.17. The lowest BCUT2D eigenvalue weighted by Gasteiger charge is -2.29. The van der Waals surface area contributed by atoms with Crippen molar-refractivity contribution in [1.82, 2.24) is 10.2 Å². The number of benzene rings is 2. The maximum Gasteiger partial charge on any atom is 0.242 e. The fourth-order valence-electron chi connectivity index (χ4n) is 3.40. The fraction of sp³-hybridized carbons (Fsp3) is 0.417. The number of rotatable bonds is 9. The number of halogens is 1. The third kappa shape index (κ3) is 7.32. The highest BCUT2D eigenvalue weighted by atomic mass is 79.9. The lowest BCUT2D eigenvalue weighted by Crippen LogP contribution is -2.48. The van der Waals surface area contributed by atoms with Crippen LogP contribution in [0.1, 0.15) is 48.9 Å². The van der Waals surface area contributed by atoms with E-state index in [4.69, 9.17) is 0 Å². The summed E-state index contributed by atoms with van der Waals surface area (Å²) >= 11 is 3.48. The van der Waals surface area contributed by atoms with E-state index in [0.717, 1.165) is 39.6 Å². The number of amides is 2. The van der Waals surface area contributed by atoms with Gasteiger partial charge in [0.2, 0.25) is 11.8 Å². The van der Waals surface area contributed by atoms with Crippen molar-refractivity contribution in [3.8, 4) is 0 Å². The second kappa shape index (κ2) is 11.1. The van der Waals surface area contributed by atoms with E-state index in [2.05, 4.69) is 34.2 Å². The largest absolute Gasteiger partial charge is 0.354 e. The first-order chi connectivity index (χ1) is 13.8. The normalized spacial score (nSPS) is 11.8. The van der Waals surface area contributed by atoms with Crippen LogP contribution in [0.15, 0.2) is 46.9 Å². The molecule has 2 aromatic rings. The minimum Gasteiger partial charge on any atom is -0.354 e. The molecule has 0 aromatic heterocycles. The van der Waals surface area contributed by atoms with Gasteiger partial charge in [-0.1, -0.05) is 70.7 Å². The summed E-state index contributed by atoms with van der Waals surface area (Å²) in [5.41, 5.74) is 4.24. The van der Waals surface area contributed by atoms with Gasteiger partial charge in [-0.2, -0.15) is 0 Å². The van der Waals surface area contributed by atoms with Crippen molar-refractivity contribution in [3.05, 3.63) is 69.2 Å². The molecule has 0 unspecified atom stereocenters. The molecule has 2 amide bonds. The fourth-order valence-corrected chi connectivity index (χ4v) is 3.84. The Bertz CT molecular complexity index is 830. The molecule has 1 atom stereocenters. The van der Waals surface area contributed by atoms with E-state index >= 15 is 0 Å². The van der Waals surface area contributed by atoms with Gasteiger partial charge in [-0.3, -0.25) is 9.59 Å². The molecule has 0 aliphatic rings. The zero-order valence-corrected chi connectivity index (χ0v) is 19.4. The van der Waals surface area contributed by atoms with E-state index in [9.17, 15) is 9.59 Å². The molecule has 156 valence electrons. The number of hydrogen-bond acceptors (Lipinski definition) is 2. The van der Waals surface area contributed by atoms with Gasteiger partial charge in [0.05, 0.1) is 6.42 Å². The minimum atomic E-state index is -0.538. The molecule has 0 saturated heterocycles. The number of hydrogen-bond donors (Lipinski definition) is 1. The molecule has 0 heterocycles. The van der Waals surface area contributed by atoms with E-state index in [0.29, 0.717) is 13.1 Å². The number of nitrogens with zero attached hydrogens (tertiary/aromatic N) is 1. The van der Waals surface area contributed by atoms with Gasteiger partial charge in [-0.05, 0) is 50.5 Å². The van der Waals surface area contributed by atoms with E-state index in [1.165, 1.54) is 0 Å². The molecule has 0 aliphatic carbocycles. The maximum atomic E-state index is 13.2. The first kappa shape index (κ1) is 23.1. The highest BCUT2D eigenvalue weighted by molar-refractivity contribution is 9.10. The number of aryl methyl sites for hydroxylation is 2. The Kier molecular flexibility index (Phi) is 8.90. The lowest BCUT2D eigenvalue weighted by atomic mass is 10.0. The third-order valence-corrected chi connectivity index (χ3v) is 5.37. The number of carbonyl (C=O) groups excluding carboxylic acids is 2. The molecule has 0 aliphatic heterocycles. The van der Waals surface area contributed by atoms with E-state index in [1.807, 2.05) is 50.2 Å². The summed E-state index contributed by atoms with van der Waals surface area (Å²) < 4.78 is 0.955. The first-order valence-corrected chi connectivity index (χ1v) is 11.0. The quantitative estimate of drug-likeness (QED) is 0.540.